The molecule has 0 saturated carbocycles. The van der Waals surface area contributed by atoms with E-state index in [0.717, 1.165) is 16.7 Å². The quantitative estimate of drug-likeness (QED) is 0.581. The molecule has 0 spiro atoms. The summed E-state index contributed by atoms with van der Waals surface area (Å²) < 4.78 is 17.1. The van der Waals surface area contributed by atoms with Gasteiger partial charge in [-0.25, -0.2) is 4.98 Å². The topological polar surface area (TPSA) is 73.6 Å². The molecule has 2 heterocycles. The molecule has 6 heteroatoms. The van der Waals surface area contributed by atoms with E-state index in [9.17, 15) is 4.79 Å². The minimum absolute atomic E-state index is 0.170. The third kappa shape index (κ3) is 3.05. The van der Waals surface area contributed by atoms with Crippen LogP contribution in [0.3, 0.4) is 0 Å². The zero-order valence-corrected chi connectivity index (χ0v) is 14.8. The minimum Gasteiger partial charge on any atom is -0.485 e. The Morgan fingerprint density at radius 2 is 1.68 bits per heavy atom. The van der Waals surface area contributed by atoms with E-state index >= 15 is 0 Å². The van der Waals surface area contributed by atoms with E-state index in [2.05, 4.69) is 10.3 Å². The Morgan fingerprint density at radius 1 is 0.929 bits per heavy atom. The number of aromatic nitrogens is 1. The highest BCUT2D eigenvalue weighted by atomic mass is 16.6. The fraction of sp³-hybridized carbons (Fsp3) is 0.0909. The standard InChI is InChI=1S/C22H16N2O4/c25-21(20-13-26-18-7-3-4-8-19(18)27-20)23-15-11-9-14(10-12-15)22-24-16-5-1-2-6-17(16)28-22/h1-12,20H,13H2,(H,23,25). The number of nitrogens with one attached hydrogen (secondary N) is 1. The highest BCUT2D eigenvalue weighted by Crippen LogP contribution is 2.31. The van der Waals surface area contributed by atoms with Gasteiger partial charge >= 0.3 is 0 Å². The average Bonchev–Trinajstić information content (AvgIpc) is 3.18. The number of para-hydroxylation sites is 4. The number of benzene rings is 3. The SMILES string of the molecule is O=C(Nc1ccc(-c2nc3ccccc3o2)cc1)C1COc2ccccc2O1. The fourth-order valence-electron chi connectivity index (χ4n) is 3.06. The summed E-state index contributed by atoms with van der Waals surface area (Å²) in [4.78, 5) is 17.0. The van der Waals surface area contributed by atoms with Crippen LogP contribution in [0.25, 0.3) is 22.6 Å². The van der Waals surface area contributed by atoms with Gasteiger partial charge in [0.1, 0.15) is 12.1 Å². The first-order valence-electron chi connectivity index (χ1n) is 8.92. The van der Waals surface area contributed by atoms with Crippen molar-refractivity contribution in [3.63, 3.8) is 0 Å². The van der Waals surface area contributed by atoms with Crippen molar-refractivity contribution in [2.75, 3.05) is 11.9 Å². The van der Waals surface area contributed by atoms with E-state index in [4.69, 9.17) is 13.9 Å². The van der Waals surface area contributed by atoms with Gasteiger partial charge in [0.2, 0.25) is 12.0 Å². The van der Waals surface area contributed by atoms with Gasteiger partial charge in [0.25, 0.3) is 5.91 Å². The number of ether oxygens (including phenoxy) is 2. The lowest BCUT2D eigenvalue weighted by atomic mass is 10.2. The van der Waals surface area contributed by atoms with E-state index in [1.165, 1.54) is 0 Å². The first-order valence-corrected chi connectivity index (χ1v) is 8.92. The normalized spacial score (nSPS) is 15.4. The van der Waals surface area contributed by atoms with Gasteiger partial charge in [0.05, 0.1) is 0 Å². The predicted octanol–water partition coefficient (Wildman–Crippen LogP) is 4.27. The Morgan fingerprint density at radius 3 is 2.50 bits per heavy atom. The Kier molecular flexibility index (Phi) is 3.94. The first-order chi connectivity index (χ1) is 13.8. The third-order valence-electron chi connectivity index (χ3n) is 4.49. The van der Waals surface area contributed by atoms with Crippen molar-refractivity contribution in [1.29, 1.82) is 0 Å². The van der Waals surface area contributed by atoms with Crippen molar-refractivity contribution in [2.24, 2.45) is 0 Å². The van der Waals surface area contributed by atoms with Crippen molar-refractivity contribution in [1.82, 2.24) is 4.98 Å². The van der Waals surface area contributed by atoms with Crippen LogP contribution >= 0.6 is 0 Å². The lowest BCUT2D eigenvalue weighted by Crippen LogP contribution is -2.40. The largest absolute Gasteiger partial charge is 0.485 e. The number of fused-ring (bicyclic) bond motifs is 2. The van der Waals surface area contributed by atoms with Crippen LogP contribution in [0.15, 0.2) is 77.2 Å². The smallest absolute Gasteiger partial charge is 0.269 e. The van der Waals surface area contributed by atoms with E-state index < -0.39 is 6.10 Å². The number of rotatable bonds is 3. The molecule has 0 saturated heterocycles. The van der Waals surface area contributed by atoms with Crippen LogP contribution < -0.4 is 14.8 Å². The van der Waals surface area contributed by atoms with Crippen molar-refractivity contribution >= 4 is 22.7 Å². The Labute approximate surface area is 160 Å². The molecule has 1 aromatic heterocycles. The maximum atomic E-state index is 12.5. The second-order valence-corrected chi connectivity index (χ2v) is 6.42. The lowest BCUT2D eigenvalue weighted by Gasteiger charge is -2.25. The van der Waals surface area contributed by atoms with Crippen LogP contribution in [0.4, 0.5) is 5.69 Å². The number of amides is 1. The molecule has 0 aliphatic carbocycles. The van der Waals surface area contributed by atoms with Gasteiger partial charge in [-0.3, -0.25) is 4.79 Å². The molecule has 1 aliphatic rings. The summed E-state index contributed by atoms with van der Waals surface area (Å²) in [5.74, 6) is 1.50. The Bertz CT molecular complexity index is 1120. The summed E-state index contributed by atoms with van der Waals surface area (Å²) in [6, 6.07) is 22.2. The number of carbonyl (C=O) groups excluding carboxylic acids is 1. The summed E-state index contributed by atoms with van der Waals surface area (Å²) in [7, 11) is 0. The fourth-order valence-corrected chi connectivity index (χ4v) is 3.06. The van der Waals surface area contributed by atoms with Gasteiger partial charge in [-0.05, 0) is 48.5 Å². The third-order valence-corrected chi connectivity index (χ3v) is 4.49. The van der Waals surface area contributed by atoms with E-state index in [1.807, 2.05) is 54.6 Å². The van der Waals surface area contributed by atoms with Gasteiger partial charge in [0, 0.05) is 11.3 Å². The molecule has 0 radical (unpaired) electrons. The van der Waals surface area contributed by atoms with Crippen molar-refractivity contribution < 1.29 is 18.7 Å². The second kappa shape index (κ2) is 6.74. The lowest BCUT2D eigenvalue weighted by molar-refractivity contribution is -0.125. The molecular formula is C22H16N2O4. The first kappa shape index (κ1) is 16.4. The molecule has 28 heavy (non-hydrogen) atoms. The summed E-state index contributed by atoms with van der Waals surface area (Å²) in [5, 5.41) is 2.85. The Balaban J connectivity index is 1.29. The summed E-state index contributed by atoms with van der Waals surface area (Å²) in [5.41, 5.74) is 3.04. The summed E-state index contributed by atoms with van der Waals surface area (Å²) >= 11 is 0. The van der Waals surface area contributed by atoms with Crippen LogP contribution in [0.1, 0.15) is 0 Å². The van der Waals surface area contributed by atoms with Crippen molar-refractivity contribution in [2.45, 2.75) is 6.10 Å². The molecule has 138 valence electrons. The molecule has 4 aromatic rings. The minimum atomic E-state index is -0.702. The summed E-state index contributed by atoms with van der Waals surface area (Å²) in [6.45, 7) is 0.170. The molecular weight excluding hydrogens is 356 g/mol. The maximum Gasteiger partial charge on any atom is 0.269 e. The molecule has 1 atom stereocenters. The molecule has 0 fully saturated rings. The number of carbonyl (C=O) groups is 1. The molecule has 0 bridgehead atoms. The zero-order chi connectivity index (χ0) is 18.9. The van der Waals surface area contributed by atoms with Gasteiger partial charge in [-0.1, -0.05) is 24.3 Å². The molecule has 1 N–H and O–H groups in total. The van der Waals surface area contributed by atoms with Crippen molar-refractivity contribution in [3.8, 4) is 23.0 Å². The van der Waals surface area contributed by atoms with E-state index in [0.29, 0.717) is 23.1 Å². The van der Waals surface area contributed by atoms with Crippen LogP contribution in [0.5, 0.6) is 11.5 Å². The molecule has 1 amide bonds. The van der Waals surface area contributed by atoms with E-state index in [1.54, 1.807) is 18.2 Å². The number of hydrogen-bond acceptors (Lipinski definition) is 5. The molecule has 1 aliphatic heterocycles. The van der Waals surface area contributed by atoms with Crippen LogP contribution in [-0.4, -0.2) is 23.6 Å². The number of nitrogens with zero attached hydrogens (tertiary/aromatic N) is 1. The summed E-state index contributed by atoms with van der Waals surface area (Å²) in [6.07, 6.45) is -0.702. The van der Waals surface area contributed by atoms with Crippen LogP contribution in [0, 0.1) is 0 Å². The van der Waals surface area contributed by atoms with Gasteiger partial charge in [0.15, 0.2) is 17.1 Å². The van der Waals surface area contributed by atoms with E-state index in [-0.39, 0.29) is 12.5 Å². The number of oxazole rings is 1. The zero-order valence-electron chi connectivity index (χ0n) is 14.8. The van der Waals surface area contributed by atoms with Gasteiger partial charge in [-0.2, -0.15) is 0 Å². The number of anilines is 1. The molecule has 3 aromatic carbocycles. The molecule has 5 rings (SSSR count). The highest BCUT2D eigenvalue weighted by Gasteiger charge is 2.27. The van der Waals surface area contributed by atoms with Gasteiger partial charge in [-0.15, -0.1) is 0 Å². The van der Waals surface area contributed by atoms with Gasteiger partial charge < -0.3 is 19.2 Å². The van der Waals surface area contributed by atoms with Crippen molar-refractivity contribution in [3.05, 3.63) is 72.8 Å². The monoisotopic (exact) mass is 372 g/mol. The maximum absolute atomic E-state index is 12.5. The van der Waals surface area contributed by atoms with Crippen LogP contribution in [0.2, 0.25) is 0 Å². The average molecular weight is 372 g/mol. The molecule has 6 nitrogen and oxygen atoms in total. The number of hydrogen-bond donors (Lipinski definition) is 1. The predicted molar refractivity (Wildman–Crippen MR) is 104 cm³/mol. The second-order valence-electron chi connectivity index (χ2n) is 6.42. The van der Waals surface area contributed by atoms with Crippen LogP contribution in [-0.2, 0) is 4.79 Å². The molecule has 1 unspecified atom stereocenters. The highest BCUT2D eigenvalue weighted by molar-refractivity contribution is 5.95. The Hall–Kier alpha value is -3.80.